The minimum atomic E-state index is -4.41. The number of aryl methyl sites for hydroxylation is 1. The summed E-state index contributed by atoms with van der Waals surface area (Å²) in [6.07, 6.45) is -4.85. The van der Waals surface area contributed by atoms with Gasteiger partial charge < -0.3 is 15.0 Å². The molecule has 1 aromatic heterocycles. The summed E-state index contributed by atoms with van der Waals surface area (Å²) in [5, 5.41) is 3.83. The van der Waals surface area contributed by atoms with E-state index < -0.39 is 17.7 Å². The minimum Gasteiger partial charge on any atom is -0.398 e. The number of halogens is 3. The molecular weight excluding hydrogens is 311 g/mol. The van der Waals surface area contributed by atoms with E-state index in [1.54, 1.807) is 12.1 Å². The van der Waals surface area contributed by atoms with E-state index in [-0.39, 0.29) is 18.7 Å². The zero-order valence-electron chi connectivity index (χ0n) is 12.6. The van der Waals surface area contributed by atoms with Crippen molar-refractivity contribution in [3.63, 3.8) is 0 Å². The standard InChI is InChI=1S/C15H16F3N3O2/c1-8-3-4-9(5-11(8)19)12-20-13(23-21-12)10-6-14(7-10,22-2)15(16,17)18/h3-5,10H,6-7,19H2,1-2H3. The average Bonchev–Trinajstić information content (AvgIpc) is 2.89. The fourth-order valence-corrected chi connectivity index (χ4v) is 2.72. The topological polar surface area (TPSA) is 74.2 Å². The fraction of sp³-hybridized carbons (Fsp3) is 0.467. The van der Waals surface area contributed by atoms with Gasteiger partial charge in [-0.2, -0.15) is 18.2 Å². The molecule has 8 heteroatoms. The Hall–Kier alpha value is -2.09. The summed E-state index contributed by atoms with van der Waals surface area (Å²) in [5.74, 6) is 0.0466. The van der Waals surface area contributed by atoms with Crippen molar-refractivity contribution in [2.24, 2.45) is 0 Å². The van der Waals surface area contributed by atoms with Gasteiger partial charge in [0.25, 0.3) is 0 Å². The quantitative estimate of drug-likeness (QED) is 0.874. The molecule has 1 aliphatic rings. The van der Waals surface area contributed by atoms with Crippen molar-refractivity contribution >= 4 is 5.69 Å². The number of nitrogens with two attached hydrogens (primary N) is 1. The summed E-state index contributed by atoms with van der Waals surface area (Å²) in [6.45, 7) is 1.87. The lowest BCUT2D eigenvalue weighted by molar-refractivity contribution is -0.302. The molecule has 124 valence electrons. The van der Waals surface area contributed by atoms with Crippen molar-refractivity contribution < 1.29 is 22.4 Å². The Morgan fingerprint density at radius 2 is 2.04 bits per heavy atom. The minimum absolute atomic E-state index is 0.191. The average molecular weight is 327 g/mol. The van der Waals surface area contributed by atoms with E-state index in [0.29, 0.717) is 17.1 Å². The first-order valence-corrected chi connectivity index (χ1v) is 7.08. The highest BCUT2D eigenvalue weighted by Gasteiger charge is 2.64. The van der Waals surface area contributed by atoms with E-state index in [0.717, 1.165) is 12.7 Å². The monoisotopic (exact) mass is 327 g/mol. The molecule has 0 amide bonds. The predicted molar refractivity (Wildman–Crippen MR) is 76.7 cm³/mol. The van der Waals surface area contributed by atoms with Crippen molar-refractivity contribution in [1.82, 2.24) is 10.1 Å². The van der Waals surface area contributed by atoms with Crippen molar-refractivity contribution in [2.45, 2.75) is 37.5 Å². The number of aromatic nitrogens is 2. The zero-order valence-corrected chi connectivity index (χ0v) is 12.6. The van der Waals surface area contributed by atoms with Gasteiger partial charge in [-0.25, -0.2) is 0 Å². The number of nitrogen functional groups attached to an aromatic ring is 1. The van der Waals surface area contributed by atoms with Crippen LogP contribution in [-0.4, -0.2) is 29.0 Å². The van der Waals surface area contributed by atoms with Crippen LogP contribution in [0, 0.1) is 6.92 Å². The molecule has 2 aromatic rings. The van der Waals surface area contributed by atoms with Crippen LogP contribution in [0.2, 0.25) is 0 Å². The number of nitrogens with zero attached hydrogens (tertiary/aromatic N) is 2. The molecule has 2 N–H and O–H groups in total. The Kier molecular flexibility index (Phi) is 3.59. The summed E-state index contributed by atoms with van der Waals surface area (Å²) in [5.41, 5.74) is 5.90. The highest BCUT2D eigenvalue weighted by atomic mass is 19.4. The maximum absolute atomic E-state index is 13.0. The van der Waals surface area contributed by atoms with Crippen LogP contribution in [-0.2, 0) is 4.74 Å². The number of rotatable bonds is 3. The third-order valence-corrected chi connectivity index (χ3v) is 4.39. The van der Waals surface area contributed by atoms with Crippen LogP contribution in [0.4, 0.5) is 18.9 Å². The van der Waals surface area contributed by atoms with E-state index in [9.17, 15) is 13.2 Å². The summed E-state index contributed by atoms with van der Waals surface area (Å²) in [6, 6.07) is 5.32. The van der Waals surface area contributed by atoms with Crippen molar-refractivity contribution in [3.8, 4) is 11.4 Å². The SMILES string of the molecule is COC1(C(F)(F)F)CC(c2nc(-c3ccc(C)c(N)c3)no2)C1. The lowest BCUT2D eigenvalue weighted by atomic mass is 9.70. The zero-order chi connectivity index (χ0) is 16.8. The Morgan fingerprint density at radius 3 is 2.61 bits per heavy atom. The van der Waals surface area contributed by atoms with Crippen LogP contribution in [0.15, 0.2) is 22.7 Å². The number of hydrogen-bond donors (Lipinski definition) is 1. The van der Waals surface area contributed by atoms with E-state index in [2.05, 4.69) is 14.9 Å². The van der Waals surface area contributed by atoms with Crippen molar-refractivity contribution in [1.29, 1.82) is 0 Å². The second-order valence-corrected chi connectivity index (χ2v) is 5.83. The van der Waals surface area contributed by atoms with Gasteiger partial charge in [0.2, 0.25) is 11.7 Å². The smallest absolute Gasteiger partial charge is 0.398 e. The van der Waals surface area contributed by atoms with E-state index in [4.69, 9.17) is 10.3 Å². The highest BCUT2D eigenvalue weighted by Crippen LogP contribution is 2.54. The van der Waals surface area contributed by atoms with E-state index in [1.165, 1.54) is 0 Å². The van der Waals surface area contributed by atoms with Gasteiger partial charge in [0.15, 0.2) is 5.60 Å². The van der Waals surface area contributed by atoms with Gasteiger partial charge >= 0.3 is 6.18 Å². The van der Waals surface area contributed by atoms with Crippen LogP contribution in [0.5, 0.6) is 0 Å². The molecule has 1 heterocycles. The van der Waals surface area contributed by atoms with Gasteiger partial charge in [0.05, 0.1) is 0 Å². The van der Waals surface area contributed by atoms with Crippen molar-refractivity contribution in [3.05, 3.63) is 29.7 Å². The molecule has 1 fully saturated rings. The first-order chi connectivity index (χ1) is 10.8. The number of methoxy groups -OCH3 is 1. The summed E-state index contributed by atoms with van der Waals surface area (Å²) < 4.78 is 48.8. The normalized spacial score (nSPS) is 24.5. The van der Waals surface area contributed by atoms with Gasteiger partial charge in [0, 0.05) is 24.3 Å². The van der Waals surface area contributed by atoms with Crippen LogP contribution in [0.1, 0.15) is 30.2 Å². The van der Waals surface area contributed by atoms with E-state index >= 15 is 0 Å². The number of alkyl halides is 3. The molecule has 23 heavy (non-hydrogen) atoms. The lowest BCUT2D eigenvalue weighted by Gasteiger charge is -2.45. The third-order valence-electron chi connectivity index (χ3n) is 4.39. The predicted octanol–water partition coefficient (Wildman–Crippen LogP) is 3.45. The Bertz CT molecular complexity index is 721. The number of benzene rings is 1. The van der Waals surface area contributed by atoms with Gasteiger partial charge in [-0.15, -0.1) is 0 Å². The molecule has 0 radical (unpaired) electrons. The molecule has 0 unspecified atom stereocenters. The first-order valence-electron chi connectivity index (χ1n) is 7.08. The molecule has 5 nitrogen and oxygen atoms in total. The molecule has 0 atom stereocenters. The highest BCUT2D eigenvalue weighted by molar-refractivity contribution is 5.63. The number of ether oxygens (including phenoxy) is 1. The molecule has 1 aliphatic carbocycles. The maximum atomic E-state index is 13.0. The second kappa shape index (κ2) is 5.23. The lowest BCUT2D eigenvalue weighted by Crippen LogP contribution is -2.55. The molecular formula is C15H16F3N3O2. The van der Waals surface area contributed by atoms with Crippen LogP contribution in [0.3, 0.4) is 0 Å². The van der Waals surface area contributed by atoms with Crippen LogP contribution >= 0.6 is 0 Å². The molecule has 1 saturated carbocycles. The fourth-order valence-electron chi connectivity index (χ4n) is 2.72. The number of hydrogen-bond acceptors (Lipinski definition) is 5. The molecule has 0 aliphatic heterocycles. The summed E-state index contributed by atoms with van der Waals surface area (Å²) >= 11 is 0. The largest absolute Gasteiger partial charge is 0.417 e. The maximum Gasteiger partial charge on any atom is 0.417 e. The van der Waals surface area contributed by atoms with E-state index in [1.807, 2.05) is 13.0 Å². The molecule has 0 spiro atoms. The van der Waals surface area contributed by atoms with Gasteiger partial charge in [0.1, 0.15) is 0 Å². The first kappa shape index (κ1) is 15.8. The molecule has 3 rings (SSSR count). The molecule has 0 saturated heterocycles. The second-order valence-electron chi connectivity index (χ2n) is 5.83. The Labute approximate surface area is 130 Å². The van der Waals surface area contributed by atoms with Crippen LogP contribution in [0.25, 0.3) is 11.4 Å². The van der Waals surface area contributed by atoms with Crippen molar-refractivity contribution in [2.75, 3.05) is 12.8 Å². The van der Waals surface area contributed by atoms with Crippen LogP contribution < -0.4 is 5.73 Å². The molecule has 0 bridgehead atoms. The van der Waals surface area contributed by atoms with Gasteiger partial charge in [-0.3, -0.25) is 0 Å². The summed E-state index contributed by atoms with van der Waals surface area (Å²) in [4.78, 5) is 4.20. The molecule has 1 aromatic carbocycles. The third kappa shape index (κ3) is 2.56. The van der Waals surface area contributed by atoms with Gasteiger partial charge in [-0.05, 0) is 31.4 Å². The summed E-state index contributed by atoms with van der Waals surface area (Å²) in [7, 11) is 1.07. The Balaban J connectivity index is 1.78. The number of anilines is 1. The Morgan fingerprint density at radius 1 is 1.35 bits per heavy atom. The van der Waals surface area contributed by atoms with Gasteiger partial charge in [-0.1, -0.05) is 17.3 Å².